The van der Waals surface area contributed by atoms with Crippen molar-refractivity contribution in [1.29, 1.82) is 0 Å². The molecule has 0 aliphatic carbocycles. The number of nitrogens with zero attached hydrogens (tertiary/aromatic N) is 1. The highest BCUT2D eigenvalue weighted by Gasteiger charge is 2.38. The summed E-state index contributed by atoms with van der Waals surface area (Å²) in [4.78, 5) is 15.0. The van der Waals surface area contributed by atoms with Crippen molar-refractivity contribution in [2.24, 2.45) is 0 Å². The van der Waals surface area contributed by atoms with E-state index >= 15 is 0 Å². The van der Waals surface area contributed by atoms with E-state index in [9.17, 15) is 4.79 Å². The van der Waals surface area contributed by atoms with E-state index in [1.807, 2.05) is 43.0 Å². The lowest BCUT2D eigenvalue weighted by Crippen LogP contribution is -2.56. The topological polar surface area (TPSA) is 38.8 Å². The molecule has 4 nitrogen and oxygen atoms in total. The molecule has 0 spiro atoms. The van der Waals surface area contributed by atoms with E-state index in [2.05, 4.69) is 31.2 Å². The zero-order chi connectivity index (χ0) is 18.0. The van der Waals surface area contributed by atoms with Crippen LogP contribution >= 0.6 is 0 Å². The van der Waals surface area contributed by atoms with Gasteiger partial charge in [-0.15, -0.1) is 0 Å². The monoisotopic (exact) mass is 339 g/mol. The van der Waals surface area contributed by atoms with Crippen LogP contribution in [0.2, 0.25) is 0 Å². The smallest absolute Gasteiger partial charge is 0.254 e. The first-order valence-corrected chi connectivity index (χ1v) is 8.55. The molecule has 0 bridgehead atoms. The predicted molar refractivity (Wildman–Crippen MR) is 98.0 cm³/mol. The van der Waals surface area contributed by atoms with Crippen LogP contribution in [0.5, 0.6) is 5.75 Å². The van der Waals surface area contributed by atoms with Gasteiger partial charge in [-0.05, 0) is 50.6 Å². The first kappa shape index (κ1) is 17.5. The van der Waals surface area contributed by atoms with Crippen molar-refractivity contribution in [2.75, 3.05) is 20.3 Å². The normalized spacial score (nSPS) is 19.5. The molecule has 0 saturated carbocycles. The van der Waals surface area contributed by atoms with Crippen LogP contribution in [0.4, 0.5) is 0 Å². The number of ether oxygens (including phenoxy) is 2. The number of hydrogen-bond donors (Lipinski definition) is 0. The summed E-state index contributed by atoms with van der Waals surface area (Å²) in [5, 5.41) is 0. The van der Waals surface area contributed by atoms with Crippen molar-refractivity contribution in [3.8, 4) is 5.75 Å². The first-order valence-electron chi connectivity index (χ1n) is 8.55. The van der Waals surface area contributed by atoms with Gasteiger partial charge < -0.3 is 14.4 Å². The third-order valence-electron chi connectivity index (χ3n) is 4.75. The maximum atomic E-state index is 13.1. The van der Waals surface area contributed by atoms with Crippen LogP contribution in [0.1, 0.15) is 41.4 Å². The zero-order valence-corrected chi connectivity index (χ0v) is 15.3. The van der Waals surface area contributed by atoms with Gasteiger partial charge in [0.1, 0.15) is 11.9 Å². The number of methoxy groups -OCH3 is 1. The minimum Gasteiger partial charge on any atom is -0.497 e. The molecule has 4 heteroatoms. The minimum atomic E-state index is -0.349. The van der Waals surface area contributed by atoms with Gasteiger partial charge in [0.2, 0.25) is 0 Å². The second-order valence-electron chi connectivity index (χ2n) is 7.17. The summed E-state index contributed by atoms with van der Waals surface area (Å²) in [5.74, 6) is 0.767. The molecule has 1 aliphatic rings. The average molecular weight is 339 g/mol. The van der Waals surface area contributed by atoms with Gasteiger partial charge in [-0.1, -0.05) is 29.8 Å². The average Bonchev–Trinajstić information content (AvgIpc) is 2.62. The number of carbonyl (C=O) groups excluding carboxylic acids is 1. The van der Waals surface area contributed by atoms with Crippen LogP contribution in [0.25, 0.3) is 0 Å². The Balaban J connectivity index is 1.83. The van der Waals surface area contributed by atoms with Crippen molar-refractivity contribution in [2.45, 2.75) is 32.4 Å². The lowest BCUT2D eigenvalue weighted by Gasteiger charge is -2.45. The first-order chi connectivity index (χ1) is 11.9. The van der Waals surface area contributed by atoms with E-state index < -0.39 is 0 Å². The van der Waals surface area contributed by atoms with E-state index in [-0.39, 0.29) is 17.6 Å². The summed E-state index contributed by atoms with van der Waals surface area (Å²) in [6.45, 7) is 7.20. The lowest BCUT2D eigenvalue weighted by atomic mass is 9.96. The Morgan fingerprint density at radius 1 is 1.12 bits per heavy atom. The number of carbonyl (C=O) groups is 1. The summed E-state index contributed by atoms with van der Waals surface area (Å²) >= 11 is 0. The SMILES string of the molecule is COc1ccc(C(=O)N2CC(c3ccc(C)cc3)OCC2(C)C)cc1. The molecule has 1 saturated heterocycles. The summed E-state index contributed by atoms with van der Waals surface area (Å²) in [7, 11) is 1.62. The molecule has 1 fully saturated rings. The molecule has 1 amide bonds. The molecule has 1 aliphatic heterocycles. The Bertz CT molecular complexity index is 735. The molecule has 1 atom stereocenters. The lowest BCUT2D eigenvalue weighted by molar-refractivity contribution is -0.0846. The Kier molecular flexibility index (Phi) is 4.82. The molecular weight excluding hydrogens is 314 g/mol. The van der Waals surface area contributed by atoms with Gasteiger partial charge in [-0.25, -0.2) is 0 Å². The van der Waals surface area contributed by atoms with Gasteiger partial charge in [-0.2, -0.15) is 0 Å². The molecule has 132 valence electrons. The maximum Gasteiger partial charge on any atom is 0.254 e. The molecule has 0 aromatic heterocycles. The van der Waals surface area contributed by atoms with Gasteiger partial charge in [-0.3, -0.25) is 4.79 Å². The number of amides is 1. The number of aryl methyl sites for hydroxylation is 1. The second kappa shape index (κ2) is 6.89. The maximum absolute atomic E-state index is 13.1. The fraction of sp³-hybridized carbons (Fsp3) is 0.381. The highest BCUT2D eigenvalue weighted by atomic mass is 16.5. The van der Waals surface area contributed by atoms with E-state index in [1.54, 1.807) is 7.11 Å². The Morgan fingerprint density at radius 3 is 2.36 bits per heavy atom. The zero-order valence-electron chi connectivity index (χ0n) is 15.3. The van der Waals surface area contributed by atoms with Gasteiger partial charge in [0.05, 0.1) is 25.8 Å². The molecule has 2 aromatic carbocycles. The van der Waals surface area contributed by atoms with Crippen molar-refractivity contribution in [1.82, 2.24) is 4.90 Å². The van der Waals surface area contributed by atoms with Crippen molar-refractivity contribution in [3.05, 3.63) is 65.2 Å². The van der Waals surface area contributed by atoms with Crippen LogP contribution < -0.4 is 4.74 Å². The fourth-order valence-corrected chi connectivity index (χ4v) is 3.08. The van der Waals surface area contributed by atoms with Gasteiger partial charge in [0.15, 0.2) is 0 Å². The molecule has 0 N–H and O–H groups in total. The van der Waals surface area contributed by atoms with Gasteiger partial charge >= 0.3 is 0 Å². The molecular formula is C21H25NO3. The third kappa shape index (κ3) is 3.69. The second-order valence-corrected chi connectivity index (χ2v) is 7.17. The molecule has 1 heterocycles. The molecule has 0 radical (unpaired) electrons. The summed E-state index contributed by atoms with van der Waals surface area (Å²) in [6, 6.07) is 15.6. The van der Waals surface area contributed by atoms with Crippen molar-refractivity contribution >= 4 is 5.91 Å². The summed E-state index contributed by atoms with van der Waals surface area (Å²) < 4.78 is 11.2. The van der Waals surface area contributed by atoms with Crippen LogP contribution in [0.3, 0.4) is 0 Å². The number of rotatable bonds is 3. The standard InChI is InChI=1S/C21H25NO3/c1-15-5-7-16(8-6-15)19-13-22(21(2,3)14-25-19)20(23)17-9-11-18(24-4)12-10-17/h5-12,19H,13-14H2,1-4H3. The predicted octanol–water partition coefficient (Wildman–Crippen LogP) is 4.00. The number of benzene rings is 2. The van der Waals surface area contributed by atoms with Crippen LogP contribution in [-0.4, -0.2) is 36.6 Å². The van der Waals surface area contributed by atoms with E-state index in [1.165, 1.54) is 5.56 Å². The molecule has 1 unspecified atom stereocenters. The van der Waals surface area contributed by atoms with Gasteiger partial charge in [0.25, 0.3) is 5.91 Å². The summed E-state index contributed by atoms with van der Waals surface area (Å²) in [6.07, 6.45) is -0.101. The Labute approximate surface area is 149 Å². The van der Waals surface area contributed by atoms with Crippen LogP contribution in [0, 0.1) is 6.92 Å². The Hall–Kier alpha value is -2.33. The van der Waals surface area contributed by atoms with Gasteiger partial charge in [0, 0.05) is 5.56 Å². The number of morpholine rings is 1. The third-order valence-corrected chi connectivity index (χ3v) is 4.75. The van der Waals surface area contributed by atoms with E-state index in [4.69, 9.17) is 9.47 Å². The van der Waals surface area contributed by atoms with Crippen molar-refractivity contribution in [3.63, 3.8) is 0 Å². The molecule has 2 aromatic rings. The van der Waals surface area contributed by atoms with Crippen molar-refractivity contribution < 1.29 is 14.3 Å². The molecule has 25 heavy (non-hydrogen) atoms. The quantitative estimate of drug-likeness (QED) is 0.848. The number of hydrogen-bond acceptors (Lipinski definition) is 3. The molecule has 3 rings (SSSR count). The van der Waals surface area contributed by atoms with Crippen LogP contribution in [0.15, 0.2) is 48.5 Å². The fourth-order valence-electron chi connectivity index (χ4n) is 3.08. The highest BCUT2D eigenvalue weighted by Crippen LogP contribution is 2.31. The van der Waals surface area contributed by atoms with Crippen LogP contribution in [-0.2, 0) is 4.74 Å². The largest absolute Gasteiger partial charge is 0.497 e. The highest BCUT2D eigenvalue weighted by molar-refractivity contribution is 5.95. The van der Waals surface area contributed by atoms with E-state index in [0.717, 1.165) is 11.3 Å². The summed E-state index contributed by atoms with van der Waals surface area (Å²) in [5.41, 5.74) is 2.64. The van der Waals surface area contributed by atoms with E-state index in [0.29, 0.717) is 18.7 Å². The minimum absolute atomic E-state index is 0.0214. The Morgan fingerprint density at radius 2 is 1.76 bits per heavy atom.